The highest BCUT2D eigenvalue weighted by molar-refractivity contribution is 7.98. The van der Waals surface area contributed by atoms with Gasteiger partial charge >= 0.3 is 0 Å². The topological polar surface area (TPSA) is 21.1 Å². The van der Waals surface area contributed by atoms with Crippen molar-refractivity contribution in [2.24, 2.45) is 0 Å². The number of nitrogens with zero attached hydrogens (tertiary/aromatic N) is 3. The Morgan fingerprint density at radius 1 is 1.09 bits per heavy atom. The van der Waals surface area contributed by atoms with E-state index in [1.165, 1.54) is 23.4 Å². The van der Waals surface area contributed by atoms with Gasteiger partial charge in [0.25, 0.3) is 0 Å². The molecule has 1 heterocycles. The first-order valence-corrected chi connectivity index (χ1v) is 8.31. The zero-order valence-corrected chi connectivity index (χ0v) is 13.9. The first-order valence-electron chi connectivity index (χ1n) is 7.32. The van der Waals surface area contributed by atoms with Crippen LogP contribution in [0.2, 0.25) is 0 Å². The molecular formula is C18H18FN3S. The molecule has 2 aromatic carbocycles. The van der Waals surface area contributed by atoms with Gasteiger partial charge in [0.05, 0.1) is 0 Å². The molecule has 0 fully saturated rings. The van der Waals surface area contributed by atoms with Crippen molar-refractivity contribution in [3.8, 4) is 5.69 Å². The fraction of sp³-hybridized carbons (Fsp3) is 0.167. The predicted molar refractivity (Wildman–Crippen MR) is 93.9 cm³/mol. The van der Waals surface area contributed by atoms with Crippen molar-refractivity contribution in [2.45, 2.75) is 10.9 Å². The van der Waals surface area contributed by atoms with E-state index in [1.54, 1.807) is 30.1 Å². The third-order valence-corrected chi connectivity index (χ3v) is 4.56. The van der Waals surface area contributed by atoms with Gasteiger partial charge in [-0.3, -0.25) is 4.57 Å². The highest BCUT2D eigenvalue weighted by atomic mass is 32.2. The SMILES string of the molecule is CN(C)c1ccccc1CSc1nccn1-c1ccc(F)cc1. The Kier molecular flexibility index (Phi) is 4.67. The lowest BCUT2D eigenvalue weighted by molar-refractivity contribution is 0.627. The number of benzene rings is 2. The smallest absolute Gasteiger partial charge is 0.172 e. The monoisotopic (exact) mass is 327 g/mol. The van der Waals surface area contributed by atoms with Crippen molar-refractivity contribution in [2.75, 3.05) is 19.0 Å². The number of hydrogen-bond acceptors (Lipinski definition) is 3. The van der Waals surface area contributed by atoms with E-state index in [0.29, 0.717) is 0 Å². The van der Waals surface area contributed by atoms with Crippen LogP contribution in [0, 0.1) is 5.82 Å². The minimum absolute atomic E-state index is 0.233. The van der Waals surface area contributed by atoms with Crippen molar-refractivity contribution >= 4 is 17.4 Å². The van der Waals surface area contributed by atoms with Crippen LogP contribution in [-0.2, 0) is 5.75 Å². The summed E-state index contributed by atoms with van der Waals surface area (Å²) in [6.45, 7) is 0. The van der Waals surface area contributed by atoms with Gasteiger partial charge in [-0.2, -0.15) is 0 Å². The highest BCUT2D eigenvalue weighted by Crippen LogP contribution is 2.28. The third-order valence-electron chi connectivity index (χ3n) is 3.54. The second-order valence-electron chi connectivity index (χ2n) is 5.37. The number of hydrogen-bond donors (Lipinski definition) is 0. The van der Waals surface area contributed by atoms with E-state index in [9.17, 15) is 4.39 Å². The molecule has 0 atom stereocenters. The Labute approximate surface area is 139 Å². The van der Waals surface area contributed by atoms with Gasteiger partial charge in [0, 0.05) is 43.6 Å². The molecule has 0 aliphatic rings. The molecule has 3 nitrogen and oxygen atoms in total. The van der Waals surface area contributed by atoms with Gasteiger partial charge in [0.1, 0.15) is 5.82 Å². The lowest BCUT2D eigenvalue weighted by Gasteiger charge is -2.17. The summed E-state index contributed by atoms with van der Waals surface area (Å²) in [5.41, 5.74) is 3.38. The Hall–Kier alpha value is -2.27. The van der Waals surface area contributed by atoms with Gasteiger partial charge in [-0.1, -0.05) is 30.0 Å². The number of thioether (sulfide) groups is 1. The second-order valence-corrected chi connectivity index (χ2v) is 6.31. The number of rotatable bonds is 5. The number of halogens is 1. The van der Waals surface area contributed by atoms with Crippen molar-refractivity contribution in [1.82, 2.24) is 9.55 Å². The molecule has 3 rings (SSSR count). The van der Waals surface area contributed by atoms with Gasteiger partial charge in [0.15, 0.2) is 5.16 Å². The van der Waals surface area contributed by atoms with Crippen molar-refractivity contribution in [3.63, 3.8) is 0 Å². The lowest BCUT2D eigenvalue weighted by atomic mass is 10.2. The highest BCUT2D eigenvalue weighted by Gasteiger charge is 2.09. The third kappa shape index (κ3) is 3.56. The van der Waals surface area contributed by atoms with E-state index in [0.717, 1.165) is 16.6 Å². The van der Waals surface area contributed by atoms with Crippen LogP contribution < -0.4 is 4.90 Å². The molecule has 0 unspecified atom stereocenters. The normalized spacial score (nSPS) is 10.7. The maximum Gasteiger partial charge on any atom is 0.172 e. The molecule has 0 radical (unpaired) electrons. The molecule has 0 saturated heterocycles. The predicted octanol–water partition coefficient (Wildman–Crippen LogP) is 4.37. The van der Waals surface area contributed by atoms with Gasteiger partial charge in [-0.25, -0.2) is 9.37 Å². The van der Waals surface area contributed by atoms with Crippen molar-refractivity contribution in [3.05, 3.63) is 72.3 Å². The summed E-state index contributed by atoms with van der Waals surface area (Å²) in [6.07, 6.45) is 3.66. The summed E-state index contributed by atoms with van der Waals surface area (Å²) in [4.78, 5) is 6.54. The molecule has 0 bridgehead atoms. The largest absolute Gasteiger partial charge is 0.377 e. The molecule has 0 N–H and O–H groups in total. The van der Waals surface area contributed by atoms with Crippen LogP contribution in [0.1, 0.15) is 5.56 Å². The number of aromatic nitrogens is 2. The van der Waals surface area contributed by atoms with E-state index in [4.69, 9.17) is 0 Å². The molecule has 0 aliphatic heterocycles. The first-order chi connectivity index (χ1) is 11.1. The van der Waals surface area contributed by atoms with Crippen LogP contribution in [0.3, 0.4) is 0 Å². The van der Waals surface area contributed by atoms with Crippen LogP contribution in [0.25, 0.3) is 5.69 Å². The van der Waals surface area contributed by atoms with Gasteiger partial charge in [0.2, 0.25) is 0 Å². The quantitative estimate of drug-likeness (QED) is 0.649. The molecule has 5 heteroatoms. The zero-order valence-electron chi connectivity index (χ0n) is 13.1. The number of para-hydroxylation sites is 1. The Bertz CT molecular complexity index is 781. The maximum atomic E-state index is 13.1. The van der Waals surface area contributed by atoms with Gasteiger partial charge < -0.3 is 4.90 Å². The average Bonchev–Trinajstić information content (AvgIpc) is 3.02. The fourth-order valence-corrected chi connectivity index (χ4v) is 3.38. The van der Waals surface area contributed by atoms with E-state index >= 15 is 0 Å². The van der Waals surface area contributed by atoms with Crippen LogP contribution in [-0.4, -0.2) is 23.6 Å². The molecule has 23 heavy (non-hydrogen) atoms. The molecule has 0 saturated carbocycles. The van der Waals surface area contributed by atoms with Gasteiger partial charge in [-0.05, 0) is 35.9 Å². The summed E-state index contributed by atoms with van der Waals surface area (Å²) >= 11 is 1.67. The van der Waals surface area contributed by atoms with Crippen LogP contribution in [0.15, 0.2) is 66.1 Å². The van der Waals surface area contributed by atoms with Crippen LogP contribution in [0.4, 0.5) is 10.1 Å². The van der Waals surface area contributed by atoms with Crippen molar-refractivity contribution in [1.29, 1.82) is 0 Å². The molecule has 3 aromatic rings. The zero-order chi connectivity index (χ0) is 16.2. The molecular weight excluding hydrogens is 309 g/mol. The minimum Gasteiger partial charge on any atom is -0.377 e. The average molecular weight is 327 g/mol. The Balaban J connectivity index is 1.80. The van der Waals surface area contributed by atoms with Gasteiger partial charge in [-0.15, -0.1) is 0 Å². The molecule has 118 valence electrons. The second kappa shape index (κ2) is 6.87. The standard InChI is InChI=1S/C18H18FN3S/c1-21(2)17-6-4-3-5-14(17)13-23-18-20-11-12-22(18)16-9-7-15(19)8-10-16/h3-12H,13H2,1-2H3. The molecule has 0 aliphatic carbocycles. The van der Waals surface area contributed by atoms with E-state index < -0.39 is 0 Å². The van der Waals surface area contributed by atoms with Crippen LogP contribution >= 0.6 is 11.8 Å². The Morgan fingerprint density at radius 2 is 1.83 bits per heavy atom. The Morgan fingerprint density at radius 3 is 2.57 bits per heavy atom. The first kappa shape index (κ1) is 15.6. The fourth-order valence-electron chi connectivity index (χ4n) is 2.41. The summed E-state index contributed by atoms with van der Waals surface area (Å²) < 4.78 is 15.1. The summed E-state index contributed by atoms with van der Waals surface area (Å²) in [5, 5.41) is 0.894. The van der Waals surface area contributed by atoms with Crippen molar-refractivity contribution < 1.29 is 4.39 Å². The van der Waals surface area contributed by atoms with E-state index in [-0.39, 0.29) is 5.82 Å². The summed E-state index contributed by atoms with van der Waals surface area (Å²) in [5.74, 6) is 0.593. The minimum atomic E-state index is -0.233. The summed E-state index contributed by atoms with van der Waals surface area (Å²) in [6, 6.07) is 14.8. The number of anilines is 1. The van der Waals surface area contributed by atoms with Crippen LogP contribution in [0.5, 0.6) is 0 Å². The molecule has 0 amide bonds. The summed E-state index contributed by atoms with van der Waals surface area (Å²) in [7, 11) is 4.09. The van der Waals surface area contributed by atoms with E-state index in [1.807, 2.05) is 30.9 Å². The number of imidazole rings is 1. The maximum absolute atomic E-state index is 13.1. The molecule has 0 spiro atoms. The lowest BCUT2D eigenvalue weighted by Crippen LogP contribution is -2.10. The molecule has 1 aromatic heterocycles. The van der Waals surface area contributed by atoms with E-state index in [2.05, 4.69) is 28.1 Å².